The summed E-state index contributed by atoms with van der Waals surface area (Å²) in [4.78, 5) is 9.21. The Morgan fingerprint density at radius 3 is 3.07 bits per heavy atom. The molecule has 0 aliphatic carbocycles. The highest BCUT2D eigenvalue weighted by molar-refractivity contribution is 8.14. The zero-order valence-corrected chi connectivity index (χ0v) is 8.99. The van der Waals surface area contributed by atoms with Crippen molar-refractivity contribution in [3.05, 3.63) is 12.2 Å². The molecule has 0 aromatic carbocycles. The van der Waals surface area contributed by atoms with Gasteiger partial charge in [0.15, 0.2) is 10.9 Å². The SMILES string of the molecule is CC(C)n1ncnc1C1=NOCCS1. The molecule has 0 amide bonds. The first-order valence-electron chi connectivity index (χ1n) is 4.51. The third kappa shape index (κ3) is 1.75. The molecule has 5 nitrogen and oxygen atoms in total. The first kappa shape index (κ1) is 9.51. The van der Waals surface area contributed by atoms with Crippen molar-refractivity contribution in [2.24, 2.45) is 5.16 Å². The van der Waals surface area contributed by atoms with E-state index < -0.39 is 0 Å². The Balaban J connectivity index is 2.30. The molecule has 14 heavy (non-hydrogen) atoms. The highest BCUT2D eigenvalue weighted by Gasteiger charge is 2.17. The van der Waals surface area contributed by atoms with Crippen LogP contribution in [0.4, 0.5) is 0 Å². The second kappa shape index (κ2) is 4.00. The van der Waals surface area contributed by atoms with E-state index in [1.807, 2.05) is 4.68 Å². The van der Waals surface area contributed by atoms with Gasteiger partial charge < -0.3 is 4.84 Å². The molecule has 0 radical (unpaired) electrons. The van der Waals surface area contributed by atoms with Crippen molar-refractivity contribution in [3.63, 3.8) is 0 Å². The highest BCUT2D eigenvalue weighted by Crippen LogP contribution is 2.17. The first-order valence-corrected chi connectivity index (χ1v) is 5.50. The van der Waals surface area contributed by atoms with E-state index in [-0.39, 0.29) is 6.04 Å². The normalized spacial score (nSPS) is 16.6. The van der Waals surface area contributed by atoms with E-state index in [1.54, 1.807) is 18.1 Å². The monoisotopic (exact) mass is 212 g/mol. The van der Waals surface area contributed by atoms with Crippen molar-refractivity contribution in [1.29, 1.82) is 0 Å². The predicted molar refractivity (Wildman–Crippen MR) is 55.4 cm³/mol. The van der Waals surface area contributed by atoms with E-state index in [0.29, 0.717) is 6.61 Å². The summed E-state index contributed by atoms with van der Waals surface area (Å²) in [6, 6.07) is 0.290. The van der Waals surface area contributed by atoms with Gasteiger partial charge in [-0.05, 0) is 13.8 Å². The summed E-state index contributed by atoms with van der Waals surface area (Å²) >= 11 is 1.65. The van der Waals surface area contributed by atoms with Crippen molar-refractivity contribution >= 4 is 16.8 Å². The minimum Gasteiger partial charge on any atom is -0.394 e. The molecule has 1 aliphatic heterocycles. The zero-order chi connectivity index (χ0) is 9.97. The van der Waals surface area contributed by atoms with Crippen LogP contribution in [0.5, 0.6) is 0 Å². The summed E-state index contributed by atoms with van der Waals surface area (Å²) < 4.78 is 1.85. The van der Waals surface area contributed by atoms with Crippen LogP contribution in [0.15, 0.2) is 11.5 Å². The van der Waals surface area contributed by atoms with Crippen LogP contribution in [0.3, 0.4) is 0 Å². The maximum atomic E-state index is 5.03. The summed E-state index contributed by atoms with van der Waals surface area (Å²) in [5.74, 6) is 1.72. The fourth-order valence-corrected chi connectivity index (χ4v) is 1.92. The van der Waals surface area contributed by atoms with Crippen LogP contribution in [-0.4, -0.2) is 32.2 Å². The lowest BCUT2D eigenvalue weighted by atomic mass is 10.4. The Morgan fingerprint density at radius 1 is 1.57 bits per heavy atom. The smallest absolute Gasteiger partial charge is 0.187 e. The lowest BCUT2D eigenvalue weighted by Crippen LogP contribution is -2.16. The van der Waals surface area contributed by atoms with Gasteiger partial charge in [-0.15, -0.1) is 0 Å². The summed E-state index contributed by atoms with van der Waals surface area (Å²) in [6.07, 6.45) is 1.55. The van der Waals surface area contributed by atoms with E-state index in [1.165, 1.54) is 0 Å². The average Bonchev–Trinajstić information content (AvgIpc) is 2.67. The van der Waals surface area contributed by atoms with Gasteiger partial charge in [-0.25, -0.2) is 9.67 Å². The van der Waals surface area contributed by atoms with Crippen LogP contribution < -0.4 is 0 Å². The molecule has 6 heteroatoms. The number of hydrogen-bond donors (Lipinski definition) is 0. The molecular weight excluding hydrogens is 200 g/mol. The van der Waals surface area contributed by atoms with Crippen LogP contribution in [-0.2, 0) is 4.84 Å². The fourth-order valence-electron chi connectivity index (χ4n) is 1.19. The quantitative estimate of drug-likeness (QED) is 0.741. The second-order valence-electron chi connectivity index (χ2n) is 3.20. The Kier molecular flexibility index (Phi) is 2.72. The Labute approximate surface area is 86.5 Å². The third-order valence-electron chi connectivity index (χ3n) is 1.81. The van der Waals surface area contributed by atoms with Gasteiger partial charge in [-0.2, -0.15) is 5.10 Å². The Bertz CT molecular complexity index is 347. The van der Waals surface area contributed by atoms with Crippen molar-refractivity contribution in [3.8, 4) is 0 Å². The van der Waals surface area contributed by atoms with E-state index in [2.05, 4.69) is 29.1 Å². The second-order valence-corrected chi connectivity index (χ2v) is 4.28. The van der Waals surface area contributed by atoms with Crippen molar-refractivity contribution in [1.82, 2.24) is 14.8 Å². The molecule has 0 spiro atoms. The molecule has 0 fully saturated rings. The molecule has 1 aromatic rings. The van der Waals surface area contributed by atoms with Gasteiger partial charge in [-0.3, -0.25) is 0 Å². The van der Waals surface area contributed by atoms with Gasteiger partial charge in [0.05, 0.1) is 0 Å². The molecule has 0 bridgehead atoms. The summed E-state index contributed by atoms with van der Waals surface area (Å²) in [5, 5.41) is 8.94. The number of thioether (sulfide) groups is 1. The first-order chi connectivity index (χ1) is 6.79. The Morgan fingerprint density at radius 2 is 2.43 bits per heavy atom. The molecule has 0 saturated heterocycles. The molecular formula is C8H12N4OS. The highest BCUT2D eigenvalue weighted by atomic mass is 32.2. The number of rotatable bonds is 2. The van der Waals surface area contributed by atoms with Crippen molar-refractivity contribution < 1.29 is 4.84 Å². The van der Waals surface area contributed by atoms with Crippen LogP contribution in [0.2, 0.25) is 0 Å². The van der Waals surface area contributed by atoms with Crippen LogP contribution in [0.25, 0.3) is 0 Å². The summed E-state index contributed by atoms with van der Waals surface area (Å²) in [7, 11) is 0. The molecule has 2 heterocycles. The topological polar surface area (TPSA) is 52.3 Å². The number of oxime groups is 1. The lowest BCUT2D eigenvalue weighted by Gasteiger charge is -2.13. The van der Waals surface area contributed by atoms with Gasteiger partial charge in [0.25, 0.3) is 0 Å². The van der Waals surface area contributed by atoms with E-state index in [0.717, 1.165) is 16.6 Å². The average molecular weight is 212 g/mol. The lowest BCUT2D eigenvalue weighted by molar-refractivity contribution is 0.160. The number of nitrogens with zero attached hydrogens (tertiary/aromatic N) is 4. The summed E-state index contributed by atoms with van der Waals surface area (Å²) in [6.45, 7) is 4.80. The largest absolute Gasteiger partial charge is 0.394 e. The molecule has 0 unspecified atom stereocenters. The maximum absolute atomic E-state index is 5.03. The van der Waals surface area contributed by atoms with Gasteiger partial charge in [-0.1, -0.05) is 16.9 Å². The minimum atomic E-state index is 0.290. The standard InChI is InChI=1S/C8H12N4OS/c1-6(2)12-7(9-5-10-12)8-11-13-3-4-14-8/h5-6H,3-4H2,1-2H3. The Hall–Kier alpha value is -1.04. The predicted octanol–water partition coefficient (Wildman–Crippen LogP) is 1.28. The molecule has 1 aromatic heterocycles. The molecule has 76 valence electrons. The third-order valence-corrected chi connectivity index (χ3v) is 2.72. The van der Waals surface area contributed by atoms with Crippen LogP contribution >= 0.6 is 11.8 Å². The van der Waals surface area contributed by atoms with Gasteiger partial charge >= 0.3 is 0 Å². The van der Waals surface area contributed by atoms with Gasteiger partial charge in [0.1, 0.15) is 12.9 Å². The van der Waals surface area contributed by atoms with Crippen LogP contribution in [0, 0.1) is 0 Å². The van der Waals surface area contributed by atoms with Crippen LogP contribution in [0.1, 0.15) is 25.7 Å². The zero-order valence-electron chi connectivity index (χ0n) is 8.17. The van der Waals surface area contributed by atoms with E-state index in [9.17, 15) is 0 Å². The molecule has 0 saturated carbocycles. The molecule has 0 atom stereocenters. The van der Waals surface area contributed by atoms with Gasteiger partial charge in [0, 0.05) is 11.8 Å². The van der Waals surface area contributed by atoms with E-state index >= 15 is 0 Å². The van der Waals surface area contributed by atoms with Crippen molar-refractivity contribution in [2.75, 3.05) is 12.4 Å². The van der Waals surface area contributed by atoms with Crippen molar-refractivity contribution in [2.45, 2.75) is 19.9 Å². The number of aromatic nitrogens is 3. The maximum Gasteiger partial charge on any atom is 0.187 e. The fraction of sp³-hybridized carbons (Fsp3) is 0.625. The molecule has 2 rings (SSSR count). The molecule has 0 N–H and O–H groups in total. The molecule has 1 aliphatic rings. The van der Waals surface area contributed by atoms with E-state index in [4.69, 9.17) is 4.84 Å². The summed E-state index contributed by atoms with van der Waals surface area (Å²) in [5.41, 5.74) is 0. The minimum absolute atomic E-state index is 0.290. The van der Waals surface area contributed by atoms with Gasteiger partial charge in [0.2, 0.25) is 0 Å². The number of hydrogen-bond acceptors (Lipinski definition) is 5.